The Morgan fingerprint density at radius 1 is 1.04 bits per heavy atom. The molecule has 0 aliphatic carbocycles. The summed E-state index contributed by atoms with van der Waals surface area (Å²) in [7, 11) is 0. The van der Waals surface area contributed by atoms with Crippen molar-refractivity contribution >= 4 is 0 Å². The van der Waals surface area contributed by atoms with Crippen LogP contribution in [0.4, 0.5) is 0 Å². The third kappa shape index (κ3) is 3.17. The van der Waals surface area contributed by atoms with Crippen LogP contribution >= 0.6 is 0 Å². The van der Waals surface area contributed by atoms with Gasteiger partial charge in [-0.1, -0.05) is 6.07 Å². The topological polar surface area (TPSA) is 34.6 Å². The van der Waals surface area contributed by atoms with Crippen LogP contribution in [0.15, 0.2) is 42.7 Å². The molecule has 0 spiro atoms. The number of aromatic nitrogens is 1. The molecular weight excluding hydrogens is 288 g/mol. The van der Waals surface area contributed by atoms with Gasteiger partial charge in [-0.2, -0.15) is 0 Å². The monoisotopic (exact) mass is 310 g/mol. The maximum atomic E-state index is 5.68. The van der Waals surface area contributed by atoms with Gasteiger partial charge in [0.25, 0.3) is 0 Å². The molecule has 0 saturated carbocycles. The lowest BCUT2D eigenvalue weighted by Gasteiger charge is -2.25. The summed E-state index contributed by atoms with van der Waals surface area (Å²) in [6.07, 6.45) is 7.34. The Hall–Kier alpha value is -2.07. The predicted molar refractivity (Wildman–Crippen MR) is 88.9 cm³/mol. The average Bonchev–Trinajstić information content (AvgIpc) is 3.09. The van der Waals surface area contributed by atoms with Crippen molar-refractivity contribution in [3.8, 4) is 11.5 Å². The molecule has 2 aliphatic rings. The van der Waals surface area contributed by atoms with Gasteiger partial charge in [0, 0.05) is 25.0 Å². The number of likely N-dealkylation sites (tertiary alicyclic amines) is 1. The SMILES string of the molecule is c1cc(C2CCCN2CCc2ccc3c(c2)OCCO3)ccn1. The summed E-state index contributed by atoms with van der Waals surface area (Å²) >= 11 is 0. The van der Waals surface area contributed by atoms with Crippen LogP contribution in [0.1, 0.15) is 30.0 Å². The van der Waals surface area contributed by atoms with E-state index in [1.165, 1.54) is 30.5 Å². The molecule has 0 amide bonds. The second-order valence-electron chi connectivity index (χ2n) is 6.20. The molecule has 1 unspecified atom stereocenters. The molecule has 120 valence electrons. The fraction of sp³-hybridized carbons (Fsp3) is 0.421. The largest absolute Gasteiger partial charge is 0.486 e. The smallest absolute Gasteiger partial charge is 0.161 e. The third-order valence-electron chi connectivity index (χ3n) is 4.75. The first kappa shape index (κ1) is 14.5. The molecule has 2 aliphatic heterocycles. The molecule has 4 rings (SSSR count). The average molecular weight is 310 g/mol. The van der Waals surface area contributed by atoms with Crippen LogP contribution in [0.5, 0.6) is 11.5 Å². The Kier molecular flexibility index (Phi) is 4.16. The Bertz CT molecular complexity index is 660. The molecule has 1 aromatic heterocycles. The number of hydrogen-bond acceptors (Lipinski definition) is 4. The second kappa shape index (κ2) is 6.59. The molecule has 1 atom stereocenters. The molecule has 23 heavy (non-hydrogen) atoms. The zero-order valence-corrected chi connectivity index (χ0v) is 13.3. The Morgan fingerprint density at radius 3 is 2.74 bits per heavy atom. The van der Waals surface area contributed by atoms with Gasteiger partial charge in [0.15, 0.2) is 11.5 Å². The summed E-state index contributed by atoms with van der Waals surface area (Å²) in [5.74, 6) is 1.76. The Balaban J connectivity index is 1.42. The maximum Gasteiger partial charge on any atom is 0.161 e. The molecule has 1 saturated heterocycles. The van der Waals surface area contributed by atoms with Crippen LogP contribution in [-0.4, -0.2) is 36.2 Å². The molecule has 0 radical (unpaired) electrons. The van der Waals surface area contributed by atoms with Crippen LogP contribution in [0.2, 0.25) is 0 Å². The first-order valence-corrected chi connectivity index (χ1v) is 8.43. The predicted octanol–water partition coefficient (Wildman–Crippen LogP) is 3.23. The second-order valence-corrected chi connectivity index (χ2v) is 6.20. The van der Waals surface area contributed by atoms with Gasteiger partial charge >= 0.3 is 0 Å². The van der Waals surface area contributed by atoms with Crippen LogP contribution in [0.25, 0.3) is 0 Å². The lowest BCUT2D eigenvalue weighted by Crippen LogP contribution is -2.25. The first-order valence-electron chi connectivity index (χ1n) is 8.43. The van der Waals surface area contributed by atoms with Crippen molar-refractivity contribution < 1.29 is 9.47 Å². The molecule has 1 fully saturated rings. The Morgan fingerprint density at radius 2 is 1.87 bits per heavy atom. The van der Waals surface area contributed by atoms with Gasteiger partial charge in [-0.3, -0.25) is 9.88 Å². The number of nitrogens with zero attached hydrogens (tertiary/aromatic N) is 2. The van der Waals surface area contributed by atoms with Crippen molar-refractivity contribution in [2.45, 2.75) is 25.3 Å². The standard InChI is InChI=1S/C19H22N2O2/c1-2-17(16-5-8-20-9-6-16)21(10-1)11-7-15-3-4-18-19(14-15)23-13-12-22-18/h3-6,8-9,14,17H,1-2,7,10-13H2. The van der Waals surface area contributed by atoms with Gasteiger partial charge in [0.2, 0.25) is 0 Å². The van der Waals surface area contributed by atoms with E-state index >= 15 is 0 Å². The van der Waals surface area contributed by atoms with Crippen molar-refractivity contribution in [1.82, 2.24) is 9.88 Å². The van der Waals surface area contributed by atoms with E-state index in [9.17, 15) is 0 Å². The van der Waals surface area contributed by atoms with Gasteiger partial charge in [0.05, 0.1) is 0 Å². The maximum absolute atomic E-state index is 5.68. The zero-order valence-electron chi connectivity index (χ0n) is 13.3. The summed E-state index contributed by atoms with van der Waals surface area (Å²) in [5.41, 5.74) is 2.70. The number of ether oxygens (including phenoxy) is 2. The highest BCUT2D eigenvalue weighted by Crippen LogP contribution is 2.33. The number of benzene rings is 1. The van der Waals surface area contributed by atoms with Crippen LogP contribution in [0.3, 0.4) is 0 Å². The fourth-order valence-corrected chi connectivity index (χ4v) is 3.57. The van der Waals surface area contributed by atoms with E-state index in [0.29, 0.717) is 19.3 Å². The van der Waals surface area contributed by atoms with E-state index in [2.05, 4.69) is 34.1 Å². The Labute approximate surface area is 137 Å². The summed E-state index contributed by atoms with van der Waals surface area (Å²) in [4.78, 5) is 6.72. The van der Waals surface area contributed by atoms with Gasteiger partial charge in [-0.25, -0.2) is 0 Å². The molecular formula is C19H22N2O2. The van der Waals surface area contributed by atoms with E-state index in [1.54, 1.807) is 0 Å². The molecule has 0 N–H and O–H groups in total. The summed E-state index contributed by atoms with van der Waals surface area (Å²) in [6.45, 7) is 3.55. The molecule has 4 nitrogen and oxygen atoms in total. The molecule has 4 heteroatoms. The molecule has 0 bridgehead atoms. The lowest BCUT2D eigenvalue weighted by molar-refractivity contribution is 0.171. The summed E-state index contributed by atoms with van der Waals surface area (Å²) in [6, 6.07) is 11.2. The lowest BCUT2D eigenvalue weighted by atomic mass is 10.1. The normalized spacial score (nSPS) is 20.6. The van der Waals surface area contributed by atoms with Crippen molar-refractivity contribution in [2.75, 3.05) is 26.3 Å². The van der Waals surface area contributed by atoms with Crippen LogP contribution in [0, 0.1) is 0 Å². The summed E-state index contributed by atoms with van der Waals surface area (Å²) in [5, 5.41) is 0. The minimum Gasteiger partial charge on any atom is -0.486 e. The quantitative estimate of drug-likeness (QED) is 0.868. The van der Waals surface area contributed by atoms with E-state index in [0.717, 1.165) is 24.5 Å². The van der Waals surface area contributed by atoms with Gasteiger partial charge in [0.1, 0.15) is 13.2 Å². The van der Waals surface area contributed by atoms with Crippen molar-refractivity contribution in [2.24, 2.45) is 0 Å². The van der Waals surface area contributed by atoms with Crippen LogP contribution < -0.4 is 9.47 Å². The van der Waals surface area contributed by atoms with Crippen molar-refractivity contribution in [3.05, 3.63) is 53.9 Å². The highest BCUT2D eigenvalue weighted by molar-refractivity contribution is 5.43. The highest BCUT2D eigenvalue weighted by atomic mass is 16.6. The number of rotatable bonds is 4. The van der Waals surface area contributed by atoms with E-state index < -0.39 is 0 Å². The first-order chi connectivity index (χ1) is 11.4. The van der Waals surface area contributed by atoms with E-state index in [-0.39, 0.29) is 0 Å². The number of fused-ring (bicyclic) bond motifs is 1. The number of hydrogen-bond donors (Lipinski definition) is 0. The van der Waals surface area contributed by atoms with Gasteiger partial charge in [-0.05, 0) is 61.2 Å². The minimum atomic E-state index is 0.537. The highest BCUT2D eigenvalue weighted by Gasteiger charge is 2.25. The zero-order chi connectivity index (χ0) is 15.5. The van der Waals surface area contributed by atoms with Gasteiger partial charge < -0.3 is 9.47 Å². The summed E-state index contributed by atoms with van der Waals surface area (Å²) < 4.78 is 11.3. The molecule has 1 aromatic carbocycles. The van der Waals surface area contributed by atoms with Crippen molar-refractivity contribution in [1.29, 1.82) is 0 Å². The van der Waals surface area contributed by atoms with Crippen molar-refractivity contribution in [3.63, 3.8) is 0 Å². The number of pyridine rings is 1. The fourth-order valence-electron chi connectivity index (χ4n) is 3.57. The molecule has 3 heterocycles. The van der Waals surface area contributed by atoms with Crippen LogP contribution in [-0.2, 0) is 6.42 Å². The third-order valence-corrected chi connectivity index (χ3v) is 4.75. The van der Waals surface area contributed by atoms with Gasteiger partial charge in [-0.15, -0.1) is 0 Å². The minimum absolute atomic E-state index is 0.537. The van der Waals surface area contributed by atoms with E-state index in [4.69, 9.17) is 9.47 Å². The molecule has 2 aromatic rings. The van der Waals surface area contributed by atoms with E-state index in [1.807, 2.05) is 18.5 Å².